The fourth-order valence-corrected chi connectivity index (χ4v) is 7.85. The topological polar surface area (TPSA) is 162 Å². The van der Waals surface area contributed by atoms with Crippen molar-refractivity contribution in [1.82, 2.24) is 5.32 Å². The van der Waals surface area contributed by atoms with Crippen LogP contribution in [0.3, 0.4) is 0 Å². The molecular weight excluding hydrogens is 906 g/mol. The molecule has 220 valence electrons. The monoisotopic (exact) mass is 924 g/mol. The van der Waals surface area contributed by atoms with Crippen molar-refractivity contribution in [2.75, 3.05) is 23.8 Å². The van der Waals surface area contributed by atoms with Crippen molar-refractivity contribution in [3.05, 3.63) is 16.3 Å². The number of rotatable bonds is 10. The third-order valence-corrected chi connectivity index (χ3v) is 8.72. The smallest absolute Gasteiger partial charge is 0.432 e. The maximum Gasteiger partial charge on any atom is 0.432 e. The quantitative estimate of drug-likeness (QED) is 0.119. The van der Waals surface area contributed by atoms with Crippen LogP contribution in [0.2, 0.25) is 0 Å². The van der Waals surface area contributed by atoms with Crippen LogP contribution >= 0.6 is 67.8 Å². The molecule has 0 aliphatic heterocycles. The van der Waals surface area contributed by atoms with Gasteiger partial charge in [0, 0.05) is 33.9 Å². The van der Waals surface area contributed by atoms with Crippen molar-refractivity contribution >= 4 is 113 Å². The van der Waals surface area contributed by atoms with Gasteiger partial charge in [0.25, 0.3) is 12.0 Å². The average Bonchev–Trinajstić information content (AvgIpc) is 2.76. The second kappa shape index (κ2) is 13.7. The van der Waals surface area contributed by atoms with E-state index in [1.54, 1.807) is 22.6 Å². The minimum absolute atomic E-state index is 0.0171. The molecule has 0 fully saturated rings. The molecule has 0 aromatic heterocycles. The number of esters is 1. The van der Waals surface area contributed by atoms with Gasteiger partial charge in [-0.2, -0.15) is 22.0 Å². The molecule has 0 heterocycles. The number of alkyl halides is 5. The molecule has 2 N–H and O–H groups in total. The summed E-state index contributed by atoms with van der Waals surface area (Å²) < 4.78 is 102. The molecule has 0 spiro atoms. The van der Waals surface area contributed by atoms with Gasteiger partial charge in [0.05, 0.1) is 27.6 Å². The van der Waals surface area contributed by atoms with Crippen LogP contribution in [-0.4, -0.2) is 67.8 Å². The number of benzene rings is 1. The molecule has 39 heavy (non-hydrogen) atoms. The minimum Gasteiger partial charge on any atom is -0.743 e. The lowest BCUT2D eigenvalue weighted by atomic mass is 10.1. The third-order valence-electron chi connectivity index (χ3n) is 4.66. The highest BCUT2D eigenvalue weighted by Gasteiger charge is 2.62. The Morgan fingerprint density at radius 3 is 2.00 bits per heavy atom. The summed E-state index contributed by atoms with van der Waals surface area (Å²) in [5, 5.41) is -1.01. The molecule has 11 nitrogen and oxygen atoms in total. The van der Waals surface area contributed by atoms with Gasteiger partial charge < -0.3 is 24.8 Å². The van der Waals surface area contributed by atoms with Crippen LogP contribution in [0.25, 0.3) is 0 Å². The molecule has 1 atom stereocenters. The second-order valence-corrected chi connectivity index (χ2v) is 12.3. The molecule has 0 aliphatic carbocycles. The average molecular weight is 924 g/mol. The number of carbonyl (C=O) groups excluding carboxylic acids is 4. The number of halogens is 8. The summed E-state index contributed by atoms with van der Waals surface area (Å²) >= 11 is 5.49. The number of amides is 3. The van der Waals surface area contributed by atoms with Crippen molar-refractivity contribution in [1.29, 1.82) is 0 Å². The number of anilines is 2. The molecule has 1 aromatic rings. The maximum atomic E-state index is 13.5. The van der Waals surface area contributed by atoms with E-state index in [2.05, 4.69) is 15.4 Å². The van der Waals surface area contributed by atoms with Crippen molar-refractivity contribution in [3.63, 3.8) is 0 Å². The summed E-state index contributed by atoms with van der Waals surface area (Å²) in [6.45, 7) is 2.11. The van der Waals surface area contributed by atoms with Gasteiger partial charge in [-0.3, -0.25) is 19.2 Å². The predicted molar refractivity (Wildman–Crippen MR) is 150 cm³/mol. The zero-order valence-electron chi connectivity index (χ0n) is 19.8. The van der Waals surface area contributed by atoms with Gasteiger partial charge in [0.15, 0.2) is 10.1 Å². The number of nitrogens with one attached hydrogen (secondary N) is 2. The summed E-state index contributed by atoms with van der Waals surface area (Å²) in [5.41, 5.74) is 0.547. The summed E-state index contributed by atoms with van der Waals surface area (Å²) in [6, 6.07) is 0. The van der Waals surface area contributed by atoms with Crippen LogP contribution in [-0.2, 0) is 29.2 Å². The van der Waals surface area contributed by atoms with E-state index in [0.717, 1.165) is 0 Å². The van der Waals surface area contributed by atoms with Crippen molar-refractivity contribution in [3.8, 4) is 0 Å². The van der Waals surface area contributed by atoms with E-state index in [1.165, 1.54) is 25.8 Å². The lowest BCUT2D eigenvalue weighted by Gasteiger charge is -2.29. The number of ether oxygens (including phenoxy) is 1. The van der Waals surface area contributed by atoms with Gasteiger partial charge in [-0.05, 0) is 74.2 Å². The van der Waals surface area contributed by atoms with Gasteiger partial charge >= 0.3 is 17.4 Å². The molecule has 20 heteroatoms. The lowest BCUT2D eigenvalue weighted by Crippen LogP contribution is -2.52. The molecule has 0 radical (unpaired) electrons. The Labute approximate surface area is 259 Å². The van der Waals surface area contributed by atoms with E-state index < -0.39 is 64.2 Å². The zero-order valence-corrected chi connectivity index (χ0v) is 27.1. The maximum absolute atomic E-state index is 13.5. The van der Waals surface area contributed by atoms with E-state index in [4.69, 9.17) is 0 Å². The van der Waals surface area contributed by atoms with Gasteiger partial charge in [-0.15, -0.1) is 0 Å². The molecular formula is C19H18F5I3N3O8S-. The van der Waals surface area contributed by atoms with E-state index in [0.29, 0.717) is 12.8 Å². The number of nitrogens with zero attached hydrogens (tertiary/aromatic N) is 1. The van der Waals surface area contributed by atoms with Crippen molar-refractivity contribution < 1.29 is 58.8 Å². The van der Waals surface area contributed by atoms with Crippen LogP contribution in [0.5, 0.6) is 0 Å². The highest BCUT2D eigenvalue weighted by atomic mass is 127. The SMILES string of the molecule is CC(=O)Nc1c(I)c(C(=O)NCCCC(=O)OC(C(F)(F)F)C(F)(F)S(=O)(=O)[O-])c(I)c(N(C)C(C)=O)c1I. The van der Waals surface area contributed by atoms with Crippen LogP contribution in [0.15, 0.2) is 0 Å². The van der Waals surface area contributed by atoms with E-state index in [1.807, 2.05) is 45.2 Å². The van der Waals surface area contributed by atoms with E-state index in [-0.39, 0.29) is 21.4 Å². The van der Waals surface area contributed by atoms with Crippen LogP contribution in [0, 0.1) is 10.7 Å². The van der Waals surface area contributed by atoms with E-state index in [9.17, 15) is 54.1 Å². The molecule has 1 aromatic carbocycles. The molecule has 0 bridgehead atoms. The van der Waals surface area contributed by atoms with Gasteiger partial charge in [-0.25, -0.2) is 8.42 Å². The molecule has 0 saturated carbocycles. The Kier molecular flexibility index (Phi) is 12.6. The Hall–Kier alpha value is -1.15. The van der Waals surface area contributed by atoms with Crippen LogP contribution < -0.4 is 15.5 Å². The number of carbonyl (C=O) groups is 4. The summed E-state index contributed by atoms with van der Waals surface area (Å²) in [6.07, 6.45) is -12.0. The highest BCUT2D eigenvalue weighted by Crippen LogP contribution is 2.41. The lowest BCUT2D eigenvalue weighted by molar-refractivity contribution is -0.259. The summed E-state index contributed by atoms with van der Waals surface area (Å²) in [7, 11) is -5.39. The van der Waals surface area contributed by atoms with Gasteiger partial charge in [0.2, 0.25) is 11.8 Å². The Morgan fingerprint density at radius 1 is 1.03 bits per heavy atom. The molecule has 3 amide bonds. The fraction of sp³-hybridized carbons (Fsp3) is 0.474. The largest absolute Gasteiger partial charge is 0.743 e. The first-order chi connectivity index (χ1) is 17.6. The van der Waals surface area contributed by atoms with Gasteiger partial charge in [0.1, 0.15) is 0 Å². The Bertz CT molecular complexity index is 1280. The number of hydrogen-bond acceptors (Lipinski definition) is 8. The summed E-state index contributed by atoms with van der Waals surface area (Å²) in [5.74, 6) is -3.53. The molecule has 0 saturated heterocycles. The first kappa shape index (κ1) is 35.9. The first-order valence-electron chi connectivity index (χ1n) is 10.2. The first-order valence-corrected chi connectivity index (χ1v) is 14.8. The van der Waals surface area contributed by atoms with Gasteiger partial charge in [-0.1, -0.05) is 0 Å². The fourth-order valence-electron chi connectivity index (χ4n) is 2.76. The highest BCUT2D eigenvalue weighted by molar-refractivity contribution is 14.1. The number of hydrogen-bond donors (Lipinski definition) is 2. The predicted octanol–water partition coefficient (Wildman–Crippen LogP) is 3.56. The normalized spacial score (nSPS) is 12.9. The second-order valence-electron chi connectivity index (χ2n) is 7.59. The van der Waals surface area contributed by atoms with Crippen molar-refractivity contribution in [2.45, 2.75) is 44.2 Å². The van der Waals surface area contributed by atoms with E-state index >= 15 is 0 Å². The van der Waals surface area contributed by atoms with Crippen LogP contribution in [0.1, 0.15) is 37.0 Å². The standard InChI is InChI=1S/C19H19F5I3N3O8S/c1-7(31)29-14-11(25)10(12(26)15(13(14)27)30(3)8(2)32)16(34)28-6-4-5-9(33)38-17(18(20,21)22)19(23,24)39(35,36)37/h17H,4-6H2,1-3H3,(H,28,34)(H,29,31)(H,35,36,37)/p-1. The molecule has 1 rings (SSSR count). The minimum atomic E-state index is -6.83. The Morgan fingerprint density at radius 2 is 1.56 bits per heavy atom. The Balaban J connectivity index is 3.11. The third kappa shape index (κ3) is 8.92. The van der Waals surface area contributed by atoms with Crippen LogP contribution in [0.4, 0.5) is 33.3 Å². The van der Waals surface area contributed by atoms with Crippen molar-refractivity contribution in [2.24, 2.45) is 0 Å². The molecule has 0 aliphatic rings. The summed E-state index contributed by atoms with van der Waals surface area (Å²) in [4.78, 5) is 49.6. The zero-order chi connectivity index (χ0) is 30.7. The molecule has 1 unspecified atom stereocenters.